The first-order valence-electron chi connectivity index (χ1n) is 9.23. The fourth-order valence-corrected chi connectivity index (χ4v) is 4.20. The van der Waals surface area contributed by atoms with Gasteiger partial charge in [0.2, 0.25) is 10.0 Å². The second-order valence-electron chi connectivity index (χ2n) is 6.56. The van der Waals surface area contributed by atoms with Gasteiger partial charge in [0.15, 0.2) is 6.10 Å². The molecule has 160 valence electrons. The van der Waals surface area contributed by atoms with Crippen molar-refractivity contribution >= 4 is 27.6 Å². The number of ether oxygens (including phenoxy) is 2. The third-order valence-corrected chi connectivity index (χ3v) is 6.39. The van der Waals surface area contributed by atoms with Crippen molar-refractivity contribution in [2.45, 2.75) is 17.9 Å². The Bertz CT molecular complexity index is 1020. The van der Waals surface area contributed by atoms with Crippen LogP contribution in [0.1, 0.15) is 17.3 Å². The van der Waals surface area contributed by atoms with Crippen molar-refractivity contribution in [1.82, 2.24) is 4.31 Å². The van der Waals surface area contributed by atoms with Gasteiger partial charge < -0.3 is 14.8 Å². The van der Waals surface area contributed by atoms with Crippen LogP contribution in [0, 0.1) is 5.82 Å². The van der Waals surface area contributed by atoms with Crippen molar-refractivity contribution in [3.05, 3.63) is 59.9 Å². The van der Waals surface area contributed by atoms with Crippen molar-refractivity contribution < 1.29 is 31.9 Å². The predicted molar refractivity (Wildman–Crippen MR) is 106 cm³/mol. The molecule has 30 heavy (non-hydrogen) atoms. The number of morpholine rings is 1. The zero-order chi connectivity index (χ0) is 21.7. The molecule has 1 saturated heterocycles. The molecule has 0 radical (unpaired) electrons. The smallest absolute Gasteiger partial charge is 0.341 e. The first-order valence-corrected chi connectivity index (χ1v) is 10.7. The number of nitrogens with zero attached hydrogens (tertiary/aromatic N) is 1. The van der Waals surface area contributed by atoms with Crippen LogP contribution < -0.4 is 5.32 Å². The van der Waals surface area contributed by atoms with Crippen molar-refractivity contribution in [1.29, 1.82) is 0 Å². The molecule has 2 aromatic carbocycles. The van der Waals surface area contributed by atoms with Gasteiger partial charge in [0.05, 0.1) is 23.7 Å². The first kappa shape index (κ1) is 21.9. The summed E-state index contributed by atoms with van der Waals surface area (Å²) >= 11 is 0. The Morgan fingerprint density at radius 2 is 1.73 bits per heavy atom. The number of esters is 1. The predicted octanol–water partition coefficient (Wildman–Crippen LogP) is 2.03. The largest absolute Gasteiger partial charge is 0.449 e. The van der Waals surface area contributed by atoms with Gasteiger partial charge in [-0.15, -0.1) is 0 Å². The molecule has 1 heterocycles. The third kappa shape index (κ3) is 5.02. The fraction of sp³-hybridized carbons (Fsp3) is 0.300. The highest BCUT2D eigenvalue weighted by Gasteiger charge is 2.26. The normalized spacial score (nSPS) is 15.9. The molecule has 3 rings (SSSR count). The Hall–Kier alpha value is -2.82. The molecular formula is C20H21FN2O6S. The molecule has 10 heteroatoms. The molecule has 1 aliphatic heterocycles. The van der Waals surface area contributed by atoms with E-state index >= 15 is 0 Å². The van der Waals surface area contributed by atoms with Crippen LogP contribution in [0.2, 0.25) is 0 Å². The van der Waals surface area contributed by atoms with E-state index in [0.717, 1.165) is 6.07 Å². The summed E-state index contributed by atoms with van der Waals surface area (Å²) in [5.74, 6) is -2.33. The Morgan fingerprint density at radius 1 is 1.10 bits per heavy atom. The third-order valence-electron chi connectivity index (χ3n) is 4.48. The molecule has 1 N–H and O–H groups in total. The quantitative estimate of drug-likeness (QED) is 0.696. The van der Waals surface area contributed by atoms with Gasteiger partial charge in [0.1, 0.15) is 5.82 Å². The maximum Gasteiger partial charge on any atom is 0.341 e. The van der Waals surface area contributed by atoms with Crippen LogP contribution >= 0.6 is 0 Å². The van der Waals surface area contributed by atoms with Crippen molar-refractivity contribution in [2.75, 3.05) is 31.6 Å². The van der Waals surface area contributed by atoms with E-state index in [1.165, 1.54) is 53.7 Å². The molecule has 1 amide bonds. The summed E-state index contributed by atoms with van der Waals surface area (Å²) in [7, 11) is -3.64. The van der Waals surface area contributed by atoms with Crippen LogP contribution in [-0.2, 0) is 24.3 Å². The van der Waals surface area contributed by atoms with Crippen molar-refractivity contribution in [3.8, 4) is 0 Å². The molecule has 1 atom stereocenters. The summed E-state index contributed by atoms with van der Waals surface area (Å²) in [5.41, 5.74) is 0.0598. The van der Waals surface area contributed by atoms with E-state index in [2.05, 4.69) is 5.32 Å². The maximum atomic E-state index is 13.6. The van der Waals surface area contributed by atoms with Gasteiger partial charge in [-0.25, -0.2) is 17.6 Å². The molecule has 1 aliphatic rings. The van der Waals surface area contributed by atoms with E-state index in [9.17, 15) is 22.4 Å². The minimum Gasteiger partial charge on any atom is -0.449 e. The zero-order valence-corrected chi connectivity index (χ0v) is 17.0. The summed E-state index contributed by atoms with van der Waals surface area (Å²) in [4.78, 5) is 24.4. The lowest BCUT2D eigenvalue weighted by Crippen LogP contribution is -2.40. The lowest BCUT2D eigenvalue weighted by molar-refractivity contribution is -0.123. The highest BCUT2D eigenvalue weighted by Crippen LogP contribution is 2.20. The molecular weight excluding hydrogens is 415 g/mol. The van der Waals surface area contributed by atoms with Gasteiger partial charge in [-0.1, -0.05) is 12.1 Å². The monoisotopic (exact) mass is 436 g/mol. The summed E-state index contributed by atoms with van der Waals surface area (Å²) in [5, 5.41) is 2.53. The van der Waals surface area contributed by atoms with Gasteiger partial charge in [0, 0.05) is 18.8 Å². The van der Waals surface area contributed by atoms with E-state index in [1.807, 2.05) is 0 Å². The van der Waals surface area contributed by atoms with E-state index in [4.69, 9.17) is 9.47 Å². The van der Waals surface area contributed by atoms with Gasteiger partial charge in [-0.2, -0.15) is 4.31 Å². The summed E-state index contributed by atoms with van der Waals surface area (Å²) < 4.78 is 50.4. The van der Waals surface area contributed by atoms with Gasteiger partial charge >= 0.3 is 5.97 Å². The lowest BCUT2D eigenvalue weighted by atomic mass is 10.2. The van der Waals surface area contributed by atoms with Crippen molar-refractivity contribution in [2.24, 2.45) is 0 Å². The van der Waals surface area contributed by atoms with Crippen LogP contribution in [0.25, 0.3) is 0 Å². The van der Waals surface area contributed by atoms with Gasteiger partial charge in [-0.3, -0.25) is 4.79 Å². The number of benzene rings is 2. The molecule has 0 aliphatic carbocycles. The maximum absolute atomic E-state index is 13.6. The van der Waals surface area contributed by atoms with E-state index in [1.54, 1.807) is 0 Å². The summed E-state index contributed by atoms with van der Waals surface area (Å²) in [6, 6.07) is 11.0. The fourth-order valence-electron chi connectivity index (χ4n) is 2.79. The second kappa shape index (κ2) is 9.33. The number of carbonyl (C=O) groups excluding carboxylic acids is 2. The second-order valence-corrected chi connectivity index (χ2v) is 8.50. The van der Waals surface area contributed by atoms with Crippen LogP contribution in [0.15, 0.2) is 53.4 Å². The molecule has 0 unspecified atom stereocenters. The summed E-state index contributed by atoms with van der Waals surface area (Å²) in [6.07, 6.45) is -1.19. The first-order chi connectivity index (χ1) is 14.3. The Morgan fingerprint density at radius 3 is 2.37 bits per heavy atom. The number of hydrogen-bond donors (Lipinski definition) is 1. The lowest BCUT2D eigenvalue weighted by Gasteiger charge is -2.26. The molecule has 0 bridgehead atoms. The van der Waals surface area contributed by atoms with Crippen molar-refractivity contribution in [3.63, 3.8) is 0 Å². The Labute approximate surface area is 173 Å². The molecule has 8 nitrogen and oxygen atoms in total. The SMILES string of the molecule is C[C@@H](OC(=O)c1ccccc1F)C(=O)Nc1ccc(S(=O)(=O)N2CCOCC2)cc1. The number of halogens is 1. The average molecular weight is 436 g/mol. The molecule has 0 spiro atoms. The van der Waals surface area contributed by atoms with Crippen LogP contribution in [-0.4, -0.2) is 57.0 Å². The molecule has 0 saturated carbocycles. The number of carbonyl (C=O) groups is 2. The highest BCUT2D eigenvalue weighted by atomic mass is 32.2. The summed E-state index contributed by atoms with van der Waals surface area (Å²) in [6.45, 7) is 2.61. The minimum absolute atomic E-state index is 0.0985. The van der Waals surface area contributed by atoms with E-state index in [-0.39, 0.29) is 23.5 Å². The standard InChI is InChI=1S/C20H21FN2O6S/c1-14(29-20(25)17-4-2-3-5-18(17)21)19(24)22-15-6-8-16(9-7-15)30(26,27)23-10-12-28-13-11-23/h2-9,14H,10-13H2,1H3,(H,22,24)/t14-/m1/s1. The molecule has 1 fully saturated rings. The highest BCUT2D eigenvalue weighted by molar-refractivity contribution is 7.89. The van der Waals surface area contributed by atoms with E-state index in [0.29, 0.717) is 18.9 Å². The number of sulfonamides is 1. The molecule has 2 aromatic rings. The number of hydrogen-bond acceptors (Lipinski definition) is 6. The van der Waals surface area contributed by atoms with Gasteiger partial charge in [-0.05, 0) is 43.3 Å². The average Bonchev–Trinajstić information content (AvgIpc) is 2.75. The van der Waals surface area contributed by atoms with Gasteiger partial charge in [0.25, 0.3) is 5.91 Å². The van der Waals surface area contributed by atoms with E-state index < -0.39 is 33.8 Å². The number of nitrogens with one attached hydrogen (secondary N) is 1. The topological polar surface area (TPSA) is 102 Å². The number of anilines is 1. The molecule has 0 aromatic heterocycles. The Balaban J connectivity index is 1.61. The minimum atomic E-state index is -3.64. The van der Waals surface area contributed by atoms with Crippen LogP contribution in [0.5, 0.6) is 0 Å². The number of amides is 1. The number of rotatable bonds is 6. The van der Waals surface area contributed by atoms with Crippen LogP contribution in [0.3, 0.4) is 0 Å². The zero-order valence-electron chi connectivity index (χ0n) is 16.2. The Kier molecular flexibility index (Phi) is 6.80. The van der Waals surface area contributed by atoms with Crippen LogP contribution in [0.4, 0.5) is 10.1 Å².